The van der Waals surface area contributed by atoms with Crippen molar-refractivity contribution in [3.63, 3.8) is 0 Å². The summed E-state index contributed by atoms with van der Waals surface area (Å²) >= 11 is 6.04. The lowest BCUT2D eigenvalue weighted by Crippen LogP contribution is -2.48. The summed E-state index contributed by atoms with van der Waals surface area (Å²) in [7, 11) is -3.94. The van der Waals surface area contributed by atoms with Crippen LogP contribution in [0.5, 0.6) is 0 Å². The van der Waals surface area contributed by atoms with Crippen molar-refractivity contribution in [2.24, 2.45) is 0 Å². The fraction of sp³-hybridized carbons (Fsp3) is 0.296. The Hall–Kier alpha value is -2.83. The number of anilines is 1. The zero-order valence-corrected chi connectivity index (χ0v) is 21.2. The lowest BCUT2D eigenvalue weighted by atomic mass is 9.87. The van der Waals surface area contributed by atoms with Crippen molar-refractivity contribution < 1.29 is 13.2 Å². The van der Waals surface area contributed by atoms with Crippen LogP contribution in [-0.4, -0.2) is 26.9 Å². The van der Waals surface area contributed by atoms with Crippen LogP contribution in [-0.2, 0) is 33.1 Å². The van der Waals surface area contributed by atoms with E-state index in [1.54, 1.807) is 30.3 Å². The van der Waals surface area contributed by atoms with Crippen molar-refractivity contribution in [1.29, 1.82) is 0 Å². The van der Waals surface area contributed by atoms with E-state index in [4.69, 9.17) is 11.6 Å². The molecule has 0 saturated heterocycles. The summed E-state index contributed by atoms with van der Waals surface area (Å²) in [5, 5.41) is 3.57. The first kappa shape index (κ1) is 24.3. The minimum atomic E-state index is -3.94. The molecule has 1 heterocycles. The van der Waals surface area contributed by atoms with Crippen molar-refractivity contribution in [3.8, 4) is 0 Å². The molecular weight excluding hydrogens is 468 g/mol. The summed E-state index contributed by atoms with van der Waals surface area (Å²) < 4.78 is 28.8. The standard InChI is InChI=1S/C27H29ClN2O3S/c1-27(2,3)21-11-13-23(14-12-21)34(32,33)30-24-10-5-4-8-20(24)18-25(30)26(31)29-16-15-19-7-6-9-22(28)17-19/h4-14,17,25H,15-16,18H2,1-3H3,(H,29,31)/t25-/m0/s1. The lowest BCUT2D eigenvalue weighted by molar-refractivity contribution is -0.122. The van der Waals surface area contributed by atoms with Gasteiger partial charge in [-0.05, 0) is 58.9 Å². The van der Waals surface area contributed by atoms with E-state index < -0.39 is 16.1 Å². The van der Waals surface area contributed by atoms with E-state index in [1.165, 1.54) is 4.31 Å². The van der Waals surface area contributed by atoms with E-state index in [9.17, 15) is 13.2 Å². The van der Waals surface area contributed by atoms with Gasteiger partial charge in [0.1, 0.15) is 6.04 Å². The van der Waals surface area contributed by atoms with E-state index in [2.05, 4.69) is 26.1 Å². The third-order valence-electron chi connectivity index (χ3n) is 6.11. The normalized spacial score (nSPS) is 15.8. The Balaban J connectivity index is 1.58. The zero-order valence-electron chi connectivity index (χ0n) is 19.6. The Morgan fingerprint density at radius 1 is 1.03 bits per heavy atom. The molecule has 1 amide bonds. The molecule has 4 rings (SSSR count). The topological polar surface area (TPSA) is 66.5 Å². The molecule has 0 spiro atoms. The molecule has 3 aromatic rings. The summed E-state index contributed by atoms with van der Waals surface area (Å²) in [6.45, 7) is 6.63. The maximum Gasteiger partial charge on any atom is 0.265 e. The smallest absolute Gasteiger partial charge is 0.265 e. The highest BCUT2D eigenvalue weighted by Crippen LogP contribution is 2.37. The minimum absolute atomic E-state index is 0.0893. The number of para-hydroxylation sites is 1. The molecule has 0 radical (unpaired) electrons. The molecule has 3 aromatic carbocycles. The maximum absolute atomic E-state index is 13.7. The molecule has 0 saturated carbocycles. The van der Waals surface area contributed by atoms with Gasteiger partial charge in [0.25, 0.3) is 10.0 Å². The molecule has 34 heavy (non-hydrogen) atoms. The van der Waals surface area contributed by atoms with Crippen LogP contribution in [0.25, 0.3) is 0 Å². The van der Waals surface area contributed by atoms with Crippen LogP contribution in [0, 0.1) is 0 Å². The molecule has 7 heteroatoms. The van der Waals surface area contributed by atoms with E-state index in [0.717, 1.165) is 16.7 Å². The van der Waals surface area contributed by atoms with Crippen molar-refractivity contribution in [2.45, 2.75) is 50.0 Å². The molecule has 1 aliphatic heterocycles. The van der Waals surface area contributed by atoms with Crippen molar-refractivity contribution in [2.75, 3.05) is 10.8 Å². The van der Waals surface area contributed by atoms with Crippen molar-refractivity contribution in [1.82, 2.24) is 5.32 Å². The molecule has 0 unspecified atom stereocenters. The highest BCUT2D eigenvalue weighted by Gasteiger charge is 2.42. The van der Waals surface area contributed by atoms with Gasteiger partial charge in [0, 0.05) is 18.0 Å². The first-order valence-corrected chi connectivity index (χ1v) is 13.1. The SMILES string of the molecule is CC(C)(C)c1ccc(S(=O)(=O)N2c3ccccc3C[C@H]2C(=O)NCCc2cccc(Cl)c2)cc1. The first-order chi connectivity index (χ1) is 16.1. The Morgan fingerprint density at radius 3 is 2.41 bits per heavy atom. The van der Waals surface area contributed by atoms with Gasteiger partial charge in [-0.2, -0.15) is 0 Å². The van der Waals surface area contributed by atoms with Gasteiger partial charge in [-0.3, -0.25) is 9.10 Å². The number of nitrogens with one attached hydrogen (secondary N) is 1. The quantitative estimate of drug-likeness (QED) is 0.515. The zero-order chi connectivity index (χ0) is 24.5. The molecule has 0 fully saturated rings. The summed E-state index contributed by atoms with van der Waals surface area (Å²) in [6, 6.07) is 20.9. The molecule has 5 nitrogen and oxygen atoms in total. The Bertz CT molecular complexity index is 1300. The van der Waals surface area contributed by atoms with Gasteiger partial charge in [-0.25, -0.2) is 8.42 Å². The Labute approximate surface area is 206 Å². The van der Waals surface area contributed by atoms with Crippen LogP contribution in [0.15, 0.2) is 77.7 Å². The number of halogens is 1. The van der Waals surface area contributed by atoms with Crippen molar-refractivity contribution >= 4 is 33.2 Å². The molecule has 0 aliphatic carbocycles. The van der Waals surface area contributed by atoms with E-state index in [1.807, 2.05) is 42.5 Å². The number of amides is 1. The second kappa shape index (κ2) is 9.43. The molecule has 1 atom stereocenters. The molecular formula is C27H29ClN2O3S. The van der Waals surface area contributed by atoms with Gasteiger partial charge >= 0.3 is 0 Å². The summed E-state index contributed by atoms with van der Waals surface area (Å²) in [5.41, 5.74) is 3.35. The van der Waals surface area contributed by atoms with E-state index in [-0.39, 0.29) is 16.2 Å². The Morgan fingerprint density at radius 2 is 1.74 bits per heavy atom. The maximum atomic E-state index is 13.7. The molecule has 178 valence electrons. The molecule has 0 bridgehead atoms. The fourth-order valence-corrected chi connectivity index (χ4v) is 6.10. The largest absolute Gasteiger partial charge is 0.354 e. The Kier molecular flexibility index (Phi) is 6.74. The number of hydrogen-bond donors (Lipinski definition) is 1. The van der Waals surface area contributed by atoms with Crippen LogP contribution < -0.4 is 9.62 Å². The van der Waals surface area contributed by atoms with Gasteiger partial charge in [0.05, 0.1) is 10.6 Å². The van der Waals surface area contributed by atoms with Crippen LogP contribution in [0.4, 0.5) is 5.69 Å². The minimum Gasteiger partial charge on any atom is -0.354 e. The predicted molar refractivity (Wildman–Crippen MR) is 137 cm³/mol. The lowest BCUT2D eigenvalue weighted by Gasteiger charge is -2.27. The van der Waals surface area contributed by atoms with Gasteiger partial charge in [-0.15, -0.1) is 0 Å². The van der Waals surface area contributed by atoms with E-state index >= 15 is 0 Å². The predicted octanol–water partition coefficient (Wildman–Crippen LogP) is 5.12. The highest BCUT2D eigenvalue weighted by atomic mass is 35.5. The van der Waals surface area contributed by atoms with Crippen LogP contribution in [0.2, 0.25) is 5.02 Å². The average Bonchev–Trinajstić information content (AvgIpc) is 3.19. The second-order valence-corrected chi connectivity index (χ2v) is 11.8. The molecule has 1 aliphatic rings. The number of carbonyl (C=O) groups is 1. The number of rotatable bonds is 6. The van der Waals surface area contributed by atoms with Gasteiger partial charge in [0.2, 0.25) is 5.91 Å². The number of fused-ring (bicyclic) bond motifs is 1. The number of hydrogen-bond acceptors (Lipinski definition) is 3. The van der Waals surface area contributed by atoms with E-state index in [0.29, 0.717) is 30.1 Å². The molecule has 1 N–H and O–H groups in total. The van der Waals surface area contributed by atoms with Crippen LogP contribution in [0.1, 0.15) is 37.5 Å². The third-order valence-corrected chi connectivity index (χ3v) is 8.18. The monoisotopic (exact) mass is 496 g/mol. The number of nitrogens with zero attached hydrogens (tertiary/aromatic N) is 1. The van der Waals surface area contributed by atoms with Crippen LogP contribution in [0.3, 0.4) is 0 Å². The van der Waals surface area contributed by atoms with Gasteiger partial charge in [-0.1, -0.05) is 74.8 Å². The third kappa shape index (κ3) is 4.98. The summed E-state index contributed by atoms with van der Waals surface area (Å²) in [4.78, 5) is 13.4. The number of carbonyl (C=O) groups excluding carboxylic acids is 1. The van der Waals surface area contributed by atoms with Crippen molar-refractivity contribution in [3.05, 3.63) is 94.5 Å². The van der Waals surface area contributed by atoms with Gasteiger partial charge < -0.3 is 5.32 Å². The first-order valence-electron chi connectivity index (χ1n) is 11.3. The number of benzene rings is 3. The summed E-state index contributed by atoms with van der Waals surface area (Å²) in [6.07, 6.45) is 0.936. The highest BCUT2D eigenvalue weighted by molar-refractivity contribution is 7.93. The summed E-state index contributed by atoms with van der Waals surface area (Å²) in [5.74, 6) is -0.312. The van der Waals surface area contributed by atoms with Crippen LogP contribution >= 0.6 is 11.6 Å². The molecule has 0 aromatic heterocycles. The number of sulfonamides is 1. The van der Waals surface area contributed by atoms with Gasteiger partial charge in [0.15, 0.2) is 0 Å². The second-order valence-electron chi connectivity index (χ2n) is 9.59. The average molecular weight is 497 g/mol. The fourth-order valence-electron chi connectivity index (χ4n) is 4.23.